The van der Waals surface area contributed by atoms with Gasteiger partial charge in [0.1, 0.15) is 5.82 Å². The number of amides is 1. The molecule has 2 N–H and O–H groups in total. The van der Waals surface area contributed by atoms with Gasteiger partial charge in [-0.2, -0.15) is 0 Å². The number of nitrogens with zero attached hydrogens (tertiary/aromatic N) is 3. The Kier molecular flexibility index (Phi) is 6.52. The van der Waals surface area contributed by atoms with Gasteiger partial charge in [-0.05, 0) is 48.5 Å². The van der Waals surface area contributed by atoms with E-state index in [4.69, 9.17) is 0 Å². The molecular weight excluding hydrogens is 369 g/mol. The van der Waals surface area contributed by atoms with Gasteiger partial charge in [0.2, 0.25) is 5.96 Å². The highest BCUT2D eigenvalue weighted by Gasteiger charge is 2.11. The average molecular weight is 391 g/mol. The zero-order valence-corrected chi connectivity index (χ0v) is 16.3. The maximum Gasteiger partial charge on any atom is 0.258 e. The zero-order valence-electron chi connectivity index (χ0n) is 16.3. The van der Waals surface area contributed by atoms with Gasteiger partial charge >= 0.3 is 0 Å². The van der Waals surface area contributed by atoms with Gasteiger partial charge in [0.25, 0.3) is 5.91 Å². The molecule has 0 aliphatic rings. The summed E-state index contributed by atoms with van der Waals surface area (Å²) < 4.78 is 13.5. The average Bonchev–Trinajstić information content (AvgIpc) is 2.73. The van der Waals surface area contributed by atoms with E-state index in [0.29, 0.717) is 11.3 Å². The predicted octanol–water partition coefficient (Wildman–Crippen LogP) is 3.68. The molecule has 7 heteroatoms. The van der Waals surface area contributed by atoms with E-state index in [1.54, 1.807) is 30.5 Å². The van der Waals surface area contributed by atoms with E-state index in [9.17, 15) is 9.18 Å². The molecule has 0 atom stereocenters. The minimum absolute atomic E-state index is 0.210. The van der Waals surface area contributed by atoms with Crippen LogP contribution in [0.4, 0.5) is 15.8 Å². The third kappa shape index (κ3) is 5.87. The molecule has 0 saturated heterocycles. The lowest BCUT2D eigenvalue weighted by molar-refractivity contribution is 0.0977. The number of benzene rings is 2. The summed E-state index contributed by atoms with van der Waals surface area (Å²) in [5.74, 6) is -0.497. The van der Waals surface area contributed by atoms with Crippen molar-refractivity contribution in [2.45, 2.75) is 6.54 Å². The molecule has 0 aliphatic carbocycles. The number of guanidine groups is 1. The summed E-state index contributed by atoms with van der Waals surface area (Å²) in [5.41, 5.74) is 2.62. The van der Waals surface area contributed by atoms with Crippen LogP contribution in [-0.2, 0) is 6.54 Å². The quantitative estimate of drug-likeness (QED) is 0.514. The number of halogens is 1. The SMILES string of the molecule is CN(C)c1cccc(C(=O)NC(=NCc2ccccn2)Nc2cccc(F)c2)c1. The van der Waals surface area contributed by atoms with Crippen molar-refractivity contribution < 1.29 is 9.18 Å². The number of hydrogen-bond acceptors (Lipinski definition) is 4. The molecule has 0 bridgehead atoms. The van der Waals surface area contributed by atoms with Crippen molar-refractivity contribution in [2.75, 3.05) is 24.3 Å². The number of aliphatic imine (C=N–C) groups is 1. The van der Waals surface area contributed by atoms with Crippen molar-refractivity contribution in [1.29, 1.82) is 0 Å². The Balaban J connectivity index is 1.82. The Morgan fingerprint density at radius 1 is 1.07 bits per heavy atom. The Labute approximate surface area is 169 Å². The maximum absolute atomic E-state index is 13.5. The van der Waals surface area contributed by atoms with E-state index in [-0.39, 0.29) is 24.2 Å². The van der Waals surface area contributed by atoms with Crippen LogP contribution in [0.2, 0.25) is 0 Å². The van der Waals surface area contributed by atoms with Crippen LogP contribution in [0.1, 0.15) is 16.1 Å². The van der Waals surface area contributed by atoms with Crippen molar-refractivity contribution in [3.05, 3.63) is 90.0 Å². The van der Waals surface area contributed by atoms with Crippen LogP contribution >= 0.6 is 0 Å². The molecule has 1 aromatic heterocycles. The Morgan fingerprint density at radius 3 is 2.62 bits per heavy atom. The van der Waals surface area contributed by atoms with Crippen LogP contribution in [0.5, 0.6) is 0 Å². The minimum atomic E-state index is -0.385. The molecule has 29 heavy (non-hydrogen) atoms. The lowest BCUT2D eigenvalue weighted by Crippen LogP contribution is -2.36. The van der Waals surface area contributed by atoms with Gasteiger partial charge < -0.3 is 10.2 Å². The number of carbonyl (C=O) groups is 1. The number of carbonyl (C=O) groups excluding carboxylic acids is 1. The van der Waals surface area contributed by atoms with Crippen molar-refractivity contribution in [3.8, 4) is 0 Å². The maximum atomic E-state index is 13.5. The zero-order chi connectivity index (χ0) is 20.6. The fourth-order valence-electron chi connectivity index (χ4n) is 2.57. The summed E-state index contributed by atoms with van der Waals surface area (Å²) in [6.45, 7) is 0.260. The lowest BCUT2D eigenvalue weighted by atomic mass is 10.2. The second-order valence-corrected chi connectivity index (χ2v) is 6.52. The second-order valence-electron chi connectivity index (χ2n) is 6.52. The molecule has 1 amide bonds. The van der Waals surface area contributed by atoms with Crippen molar-refractivity contribution in [2.24, 2.45) is 4.99 Å². The van der Waals surface area contributed by atoms with Crippen LogP contribution in [0.3, 0.4) is 0 Å². The van der Waals surface area contributed by atoms with E-state index in [1.165, 1.54) is 12.1 Å². The predicted molar refractivity (Wildman–Crippen MR) is 114 cm³/mol. The van der Waals surface area contributed by atoms with E-state index >= 15 is 0 Å². The van der Waals surface area contributed by atoms with Gasteiger partial charge in [-0.25, -0.2) is 9.38 Å². The summed E-state index contributed by atoms with van der Waals surface area (Å²) in [5, 5.41) is 5.74. The van der Waals surface area contributed by atoms with Crippen LogP contribution in [0.25, 0.3) is 0 Å². The first-order valence-corrected chi connectivity index (χ1v) is 9.07. The van der Waals surface area contributed by atoms with E-state index in [1.807, 2.05) is 49.3 Å². The number of rotatable bonds is 5. The molecule has 0 aliphatic heterocycles. The normalized spacial score (nSPS) is 11.1. The smallest absolute Gasteiger partial charge is 0.258 e. The largest absolute Gasteiger partial charge is 0.378 e. The van der Waals surface area contributed by atoms with Gasteiger partial charge in [0.15, 0.2) is 0 Å². The number of aromatic nitrogens is 1. The highest BCUT2D eigenvalue weighted by Crippen LogP contribution is 2.14. The molecule has 0 fully saturated rings. The molecule has 0 unspecified atom stereocenters. The second kappa shape index (κ2) is 9.45. The third-order valence-electron chi connectivity index (χ3n) is 4.07. The van der Waals surface area contributed by atoms with E-state index in [2.05, 4.69) is 20.6 Å². The van der Waals surface area contributed by atoms with Crippen molar-refractivity contribution in [3.63, 3.8) is 0 Å². The Hall–Kier alpha value is -3.74. The molecule has 1 heterocycles. The lowest BCUT2D eigenvalue weighted by Gasteiger charge is -2.15. The summed E-state index contributed by atoms with van der Waals surface area (Å²) in [6, 6.07) is 18.7. The fraction of sp³-hybridized carbons (Fsp3) is 0.136. The highest BCUT2D eigenvalue weighted by molar-refractivity contribution is 6.10. The third-order valence-corrected chi connectivity index (χ3v) is 4.07. The molecule has 2 aromatic carbocycles. The van der Waals surface area contributed by atoms with Crippen molar-refractivity contribution >= 4 is 23.2 Å². The number of anilines is 2. The molecule has 148 valence electrons. The summed E-state index contributed by atoms with van der Waals surface area (Å²) in [4.78, 5) is 23.3. The monoisotopic (exact) mass is 391 g/mol. The summed E-state index contributed by atoms with van der Waals surface area (Å²) >= 11 is 0. The molecule has 6 nitrogen and oxygen atoms in total. The Morgan fingerprint density at radius 2 is 1.90 bits per heavy atom. The Bertz CT molecular complexity index is 1000. The van der Waals surface area contributed by atoms with Gasteiger partial charge in [-0.3, -0.25) is 15.1 Å². The van der Waals surface area contributed by atoms with Crippen molar-refractivity contribution in [1.82, 2.24) is 10.3 Å². The van der Waals surface area contributed by atoms with Gasteiger partial charge in [-0.15, -0.1) is 0 Å². The van der Waals surface area contributed by atoms with E-state index < -0.39 is 0 Å². The first-order chi connectivity index (χ1) is 14.0. The number of nitrogens with one attached hydrogen (secondary N) is 2. The highest BCUT2D eigenvalue weighted by atomic mass is 19.1. The molecule has 0 radical (unpaired) electrons. The first kappa shape index (κ1) is 20.0. The molecular formula is C22H22FN5O. The van der Waals surface area contributed by atoms with Gasteiger partial charge in [0.05, 0.1) is 12.2 Å². The minimum Gasteiger partial charge on any atom is -0.378 e. The standard InChI is InChI=1S/C22H22FN5O/c1-28(2)20-11-5-7-16(13-20)21(29)27-22(25-15-19-9-3-4-12-24-19)26-18-10-6-8-17(23)14-18/h3-14H,15H2,1-2H3,(H2,25,26,27,29). The molecule has 0 saturated carbocycles. The van der Waals surface area contributed by atoms with Crippen LogP contribution in [0, 0.1) is 5.82 Å². The van der Waals surface area contributed by atoms with Gasteiger partial charge in [0, 0.05) is 37.2 Å². The topological polar surface area (TPSA) is 69.6 Å². The number of pyridine rings is 1. The summed E-state index contributed by atoms with van der Waals surface area (Å²) in [7, 11) is 3.81. The van der Waals surface area contributed by atoms with Crippen LogP contribution < -0.4 is 15.5 Å². The van der Waals surface area contributed by atoms with Gasteiger partial charge in [-0.1, -0.05) is 18.2 Å². The van der Waals surface area contributed by atoms with E-state index in [0.717, 1.165) is 11.4 Å². The molecule has 0 spiro atoms. The fourth-order valence-corrected chi connectivity index (χ4v) is 2.57. The molecule has 3 aromatic rings. The summed E-state index contributed by atoms with van der Waals surface area (Å²) in [6.07, 6.45) is 1.68. The number of hydrogen-bond donors (Lipinski definition) is 2. The van der Waals surface area contributed by atoms with Crippen LogP contribution in [-0.4, -0.2) is 30.9 Å². The first-order valence-electron chi connectivity index (χ1n) is 9.07. The molecule has 3 rings (SSSR count). The van der Waals surface area contributed by atoms with Crippen LogP contribution in [0.15, 0.2) is 77.9 Å².